The lowest BCUT2D eigenvalue weighted by Gasteiger charge is -2.56. The first-order valence-electron chi connectivity index (χ1n) is 14.2. The Balaban J connectivity index is 1.12. The number of esters is 1. The Morgan fingerprint density at radius 2 is 1.83 bits per heavy atom. The van der Waals surface area contributed by atoms with Crippen LogP contribution in [0.4, 0.5) is 27.8 Å². The zero-order chi connectivity index (χ0) is 32.8. The summed E-state index contributed by atoms with van der Waals surface area (Å²) in [7, 11) is 0. The predicted molar refractivity (Wildman–Crippen MR) is 156 cm³/mol. The van der Waals surface area contributed by atoms with Gasteiger partial charge in [0.15, 0.2) is 0 Å². The molecular weight excluding hydrogens is 639 g/mol. The molecule has 0 N–H and O–H groups in total. The molecular formula is C30H28ClF5N6O4. The smallest absolute Gasteiger partial charge is 0.488 e. The molecule has 0 aliphatic carbocycles. The van der Waals surface area contributed by atoms with Gasteiger partial charge in [-0.3, -0.25) is 4.90 Å². The SMILES string of the molecule is CC(C)(COc1cc(-c2ccc(N3CC4CC(C3)N4Cc3ccc(OC(F)F)nc3)nc2)c2c(Cl)cnn2c1)OC(=O)C(F)(F)F. The highest BCUT2D eigenvalue weighted by molar-refractivity contribution is 6.34. The molecule has 2 unspecified atom stereocenters. The van der Waals surface area contributed by atoms with E-state index in [0.717, 1.165) is 30.9 Å². The van der Waals surface area contributed by atoms with Crippen molar-refractivity contribution in [1.82, 2.24) is 24.5 Å². The summed E-state index contributed by atoms with van der Waals surface area (Å²) in [6, 6.07) is 9.26. The third kappa shape index (κ3) is 6.79. The minimum absolute atomic E-state index is 0.116. The number of pyridine rings is 3. The Hall–Kier alpha value is -4.24. The summed E-state index contributed by atoms with van der Waals surface area (Å²) in [5, 5.41) is 4.63. The lowest BCUT2D eigenvalue weighted by Crippen LogP contribution is -2.68. The summed E-state index contributed by atoms with van der Waals surface area (Å²) in [6.45, 7) is 1.54. The molecule has 0 amide bonds. The number of hydrogen-bond acceptors (Lipinski definition) is 9. The van der Waals surface area contributed by atoms with Crippen molar-refractivity contribution in [2.45, 2.75) is 57.3 Å². The summed E-state index contributed by atoms with van der Waals surface area (Å²) >= 11 is 6.44. The van der Waals surface area contributed by atoms with Gasteiger partial charge < -0.3 is 19.1 Å². The number of alkyl halides is 5. The molecule has 7 heterocycles. The summed E-state index contributed by atoms with van der Waals surface area (Å²) in [5.41, 5.74) is 1.28. The van der Waals surface area contributed by atoms with Crippen molar-refractivity contribution in [3.8, 4) is 22.8 Å². The largest absolute Gasteiger partial charge is 0.490 e. The van der Waals surface area contributed by atoms with Gasteiger partial charge >= 0.3 is 18.8 Å². The fourth-order valence-corrected chi connectivity index (χ4v) is 5.93. The summed E-state index contributed by atoms with van der Waals surface area (Å²) in [4.78, 5) is 24.6. The Labute approximate surface area is 264 Å². The molecule has 3 aliphatic heterocycles. The molecule has 0 aromatic carbocycles. The van der Waals surface area contributed by atoms with E-state index in [4.69, 9.17) is 21.3 Å². The molecule has 3 fully saturated rings. The lowest BCUT2D eigenvalue weighted by atomic mass is 9.87. The second-order valence-electron chi connectivity index (χ2n) is 11.7. The number of carbonyl (C=O) groups is 1. The third-order valence-electron chi connectivity index (χ3n) is 7.83. The number of nitrogens with zero attached hydrogens (tertiary/aromatic N) is 6. The van der Waals surface area contributed by atoms with Crippen LogP contribution < -0.4 is 14.4 Å². The van der Waals surface area contributed by atoms with Crippen LogP contribution in [0.2, 0.25) is 5.02 Å². The Bertz CT molecular complexity index is 1710. The van der Waals surface area contributed by atoms with E-state index in [2.05, 4.69) is 29.4 Å². The second kappa shape index (κ2) is 12.2. The van der Waals surface area contributed by atoms with Gasteiger partial charge in [-0.2, -0.15) is 27.1 Å². The van der Waals surface area contributed by atoms with Crippen LogP contribution in [0, 0.1) is 0 Å². The van der Waals surface area contributed by atoms with Crippen molar-refractivity contribution >= 4 is 28.9 Å². The molecule has 16 heteroatoms. The molecule has 4 aromatic heterocycles. The number of piperidine rings is 1. The number of halogens is 6. The molecule has 7 rings (SSSR count). The molecule has 0 spiro atoms. The van der Waals surface area contributed by atoms with Crippen LogP contribution in [0.15, 0.2) is 55.1 Å². The molecule has 2 bridgehead atoms. The topological polar surface area (TPSA) is 94.3 Å². The standard InChI is InChI=1S/C30H28ClF5N6O4/c1-29(2,46-27(43)30(34,35)36)16-44-21-8-22(26-23(31)11-39-42(26)15-21)18-4-5-24(37-10-18)40-13-19-7-20(14-40)41(19)12-17-3-6-25(38-9-17)45-28(32)33/h3-6,8-11,15,19-20,28H,7,12-14,16H2,1-2H3. The van der Waals surface area contributed by atoms with E-state index < -0.39 is 24.4 Å². The van der Waals surface area contributed by atoms with Gasteiger partial charge in [0.2, 0.25) is 5.88 Å². The molecule has 10 nitrogen and oxygen atoms in total. The van der Waals surface area contributed by atoms with Gasteiger partial charge in [-0.25, -0.2) is 19.3 Å². The maximum atomic E-state index is 12.7. The highest BCUT2D eigenvalue weighted by Crippen LogP contribution is 2.37. The summed E-state index contributed by atoms with van der Waals surface area (Å²) < 4.78 is 79.1. The van der Waals surface area contributed by atoms with Crippen LogP contribution in [0.25, 0.3) is 16.6 Å². The van der Waals surface area contributed by atoms with Gasteiger partial charge in [0.1, 0.15) is 23.8 Å². The number of ether oxygens (including phenoxy) is 3. The molecule has 0 radical (unpaired) electrons. The van der Waals surface area contributed by atoms with Crippen molar-refractivity contribution in [2.24, 2.45) is 0 Å². The van der Waals surface area contributed by atoms with Gasteiger partial charge in [0.05, 0.1) is 22.9 Å². The first kappa shape index (κ1) is 31.7. The predicted octanol–water partition coefficient (Wildman–Crippen LogP) is 5.77. The van der Waals surface area contributed by atoms with Gasteiger partial charge in [0.25, 0.3) is 0 Å². The Morgan fingerprint density at radius 3 is 2.46 bits per heavy atom. The number of rotatable bonds is 10. The molecule has 244 valence electrons. The zero-order valence-corrected chi connectivity index (χ0v) is 25.3. The second-order valence-corrected chi connectivity index (χ2v) is 12.1. The van der Waals surface area contributed by atoms with Crippen molar-refractivity contribution in [3.05, 3.63) is 65.7 Å². The van der Waals surface area contributed by atoms with Crippen LogP contribution in [-0.2, 0) is 16.1 Å². The van der Waals surface area contributed by atoms with E-state index in [-0.39, 0.29) is 18.2 Å². The highest BCUT2D eigenvalue weighted by Gasteiger charge is 2.45. The van der Waals surface area contributed by atoms with Gasteiger partial charge in [-0.05, 0) is 44.0 Å². The first-order chi connectivity index (χ1) is 21.8. The monoisotopic (exact) mass is 666 g/mol. The average Bonchev–Trinajstić information content (AvgIpc) is 3.38. The number of hydrogen-bond donors (Lipinski definition) is 0. The number of fused-ring (bicyclic) bond motifs is 3. The van der Waals surface area contributed by atoms with Crippen LogP contribution in [0.3, 0.4) is 0 Å². The Kier molecular flexibility index (Phi) is 8.40. The van der Waals surface area contributed by atoms with E-state index in [1.807, 2.05) is 12.1 Å². The maximum Gasteiger partial charge on any atom is 0.490 e. The molecule has 4 aromatic rings. The van der Waals surface area contributed by atoms with E-state index in [1.165, 1.54) is 36.8 Å². The molecule has 0 saturated carbocycles. The zero-order valence-electron chi connectivity index (χ0n) is 24.5. The minimum Gasteiger partial charge on any atom is -0.488 e. The molecule has 3 aliphatic rings. The maximum absolute atomic E-state index is 12.7. The molecule has 46 heavy (non-hydrogen) atoms. The normalized spacial score (nSPS) is 18.5. The van der Waals surface area contributed by atoms with Crippen molar-refractivity contribution in [1.29, 1.82) is 0 Å². The van der Waals surface area contributed by atoms with Gasteiger partial charge in [-0.1, -0.05) is 17.7 Å². The van der Waals surface area contributed by atoms with E-state index in [1.54, 1.807) is 24.5 Å². The van der Waals surface area contributed by atoms with Gasteiger partial charge in [-0.15, -0.1) is 0 Å². The third-order valence-corrected chi connectivity index (χ3v) is 8.11. The number of carbonyl (C=O) groups excluding carboxylic acids is 1. The van der Waals surface area contributed by atoms with Crippen molar-refractivity contribution < 1.29 is 41.0 Å². The number of piperazine rings is 1. The summed E-state index contributed by atoms with van der Waals surface area (Å²) in [5.74, 6) is -1.35. The van der Waals surface area contributed by atoms with Gasteiger partial charge in [0, 0.05) is 61.3 Å². The quantitative estimate of drug-likeness (QED) is 0.154. The fraction of sp³-hybridized carbons (Fsp3) is 0.400. The van der Waals surface area contributed by atoms with E-state index >= 15 is 0 Å². The van der Waals surface area contributed by atoms with E-state index in [9.17, 15) is 26.7 Å². The summed E-state index contributed by atoms with van der Waals surface area (Å²) in [6.07, 6.45) is 2.18. The van der Waals surface area contributed by atoms with Crippen LogP contribution in [-0.4, -0.2) is 80.6 Å². The Morgan fingerprint density at radius 1 is 1.07 bits per heavy atom. The average molecular weight is 667 g/mol. The minimum atomic E-state index is -5.12. The van der Waals surface area contributed by atoms with Crippen molar-refractivity contribution in [3.63, 3.8) is 0 Å². The molecule has 2 atom stereocenters. The van der Waals surface area contributed by atoms with Crippen LogP contribution in [0.1, 0.15) is 25.8 Å². The first-order valence-corrected chi connectivity index (χ1v) is 14.6. The van der Waals surface area contributed by atoms with Crippen LogP contribution >= 0.6 is 11.6 Å². The van der Waals surface area contributed by atoms with Crippen molar-refractivity contribution in [2.75, 3.05) is 24.6 Å². The number of aromatic nitrogens is 4. The van der Waals surface area contributed by atoms with Crippen LogP contribution in [0.5, 0.6) is 11.6 Å². The number of anilines is 1. The lowest BCUT2D eigenvalue weighted by molar-refractivity contribution is -0.213. The fourth-order valence-electron chi connectivity index (χ4n) is 5.70. The molecule has 3 saturated heterocycles. The highest BCUT2D eigenvalue weighted by atomic mass is 35.5. The van der Waals surface area contributed by atoms with E-state index in [0.29, 0.717) is 40.3 Å².